The third-order valence-electron chi connectivity index (χ3n) is 2.97. The number of aryl methyl sites for hydroxylation is 1. The molecule has 0 aliphatic heterocycles. The molecular weight excluding hydrogens is 308 g/mol. The van der Waals surface area contributed by atoms with E-state index >= 15 is 0 Å². The number of aliphatic carboxylic acids is 1. The molecule has 1 aromatic carbocycles. The zero-order chi connectivity index (χ0) is 16.8. The minimum Gasteiger partial charge on any atom is -0.480 e. The molecule has 0 aliphatic carbocycles. The Balaban J connectivity index is 2.75. The maximum absolute atomic E-state index is 12.1. The number of carboxylic acid groups (broad SMARTS) is 1. The van der Waals surface area contributed by atoms with Gasteiger partial charge in [0, 0.05) is 0 Å². The van der Waals surface area contributed by atoms with Crippen LogP contribution in [0.25, 0.3) is 0 Å². The molecule has 1 amide bonds. The number of carboxylic acids is 1. The van der Waals surface area contributed by atoms with Gasteiger partial charge in [0.15, 0.2) is 0 Å². The Morgan fingerprint density at radius 1 is 1.23 bits per heavy atom. The van der Waals surface area contributed by atoms with E-state index in [0.717, 1.165) is 11.8 Å². The summed E-state index contributed by atoms with van der Waals surface area (Å²) in [6.45, 7) is 1.31. The fraction of sp³-hybridized carbons (Fsp3) is 0.429. The Bertz CT molecular complexity index is 615. The van der Waals surface area contributed by atoms with E-state index in [-0.39, 0.29) is 6.42 Å². The molecule has 0 aliphatic rings. The summed E-state index contributed by atoms with van der Waals surface area (Å²) in [6.07, 6.45) is 1.68. The van der Waals surface area contributed by atoms with Gasteiger partial charge in [0.2, 0.25) is 15.9 Å². The normalized spacial score (nSPS) is 14.1. The third kappa shape index (κ3) is 6.68. The van der Waals surface area contributed by atoms with Crippen molar-refractivity contribution in [3.8, 4) is 0 Å². The highest BCUT2D eigenvalue weighted by atomic mass is 32.2. The largest absolute Gasteiger partial charge is 0.480 e. The van der Waals surface area contributed by atoms with E-state index in [9.17, 15) is 18.0 Å². The van der Waals surface area contributed by atoms with Gasteiger partial charge in [0.25, 0.3) is 0 Å². The summed E-state index contributed by atoms with van der Waals surface area (Å²) in [4.78, 5) is 22.8. The number of hydrogen-bond donors (Lipinski definition) is 3. The van der Waals surface area contributed by atoms with Gasteiger partial charge in [-0.1, -0.05) is 30.3 Å². The molecule has 3 N–H and O–H groups in total. The fourth-order valence-electron chi connectivity index (χ4n) is 1.83. The number of rotatable bonds is 8. The van der Waals surface area contributed by atoms with Crippen molar-refractivity contribution in [2.24, 2.45) is 0 Å². The van der Waals surface area contributed by atoms with Gasteiger partial charge < -0.3 is 10.4 Å². The number of nitrogens with one attached hydrogen (secondary N) is 2. The number of benzene rings is 1. The molecule has 0 aromatic heterocycles. The van der Waals surface area contributed by atoms with Crippen molar-refractivity contribution >= 4 is 21.9 Å². The lowest BCUT2D eigenvalue weighted by molar-refractivity contribution is -0.141. The van der Waals surface area contributed by atoms with Gasteiger partial charge in [-0.15, -0.1) is 0 Å². The van der Waals surface area contributed by atoms with Crippen LogP contribution in [0.1, 0.15) is 18.9 Å². The summed E-state index contributed by atoms with van der Waals surface area (Å²) in [5.74, 6) is -1.84. The van der Waals surface area contributed by atoms with Gasteiger partial charge in [-0.05, 0) is 25.3 Å². The summed E-state index contributed by atoms with van der Waals surface area (Å²) in [5.41, 5.74) is 0.960. The van der Waals surface area contributed by atoms with Gasteiger partial charge in [-0.25, -0.2) is 13.1 Å². The monoisotopic (exact) mass is 328 g/mol. The van der Waals surface area contributed by atoms with Crippen LogP contribution in [-0.2, 0) is 26.0 Å². The van der Waals surface area contributed by atoms with Crippen LogP contribution < -0.4 is 10.0 Å². The fourth-order valence-corrected chi connectivity index (χ4v) is 2.58. The molecule has 0 unspecified atom stereocenters. The van der Waals surface area contributed by atoms with Crippen LogP contribution >= 0.6 is 0 Å². The van der Waals surface area contributed by atoms with Crippen LogP contribution in [0, 0.1) is 0 Å². The summed E-state index contributed by atoms with van der Waals surface area (Å²) < 4.78 is 25.0. The summed E-state index contributed by atoms with van der Waals surface area (Å²) >= 11 is 0. The Labute approximate surface area is 129 Å². The van der Waals surface area contributed by atoms with E-state index in [0.29, 0.717) is 6.42 Å². The van der Waals surface area contributed by atoms with Crippen LogP contribution in [0.4, 0.5) is 0 Å². The van der Waals surface area contributed by atoms with Crippen LogP contribution in [0.2, 0.25) is 0 Å². The molecule has 1 aromatic rings. The van der Waals surface area contributed by atoms with Crippen molar-refractivity contribution in [3.05, 3.63) is 35.9 Å². The zero-order valence-electron chi connectivity index (χ0n) is 12.4. The lowest BCUT2D eigenvalue weighted by Gasteiger charge is -2.19. The Kier molecular flexibility index (Phi) is 6.51. The van der Waals surface area contributed by atoms with E-state index in [1.54, 1.807) is 0 Å². The number of carbonyl (C=O) groups is 2. The Morgan fingerprint density at radius 3 is 2.32 bits per heavy atom. The first kappa shape index (κ1) is 18.1. The number of hydrogen-bond acceptors (Lipinski definition) is 4. The second-order valence-corrected chi connectivity index (χ2v) is 6.82. The van der Waals surface area contributed by atoms with Gasteiger partial charge in [-0.2, -0.15) is 0 Å². The maximum atomic E-state index is 12.1. The maximum Gasteiger partial charge on any atom is 0.325 e. The molecule has 0 radical (unpaired) electrons. The molecule has 22 heavy (non-hydrogen) atoms. The first-order valence-electron chi connectivity index (χ1n) is 6.73. The van der Waals surface area contributed by atoms with E-state index in [1.807, 2.05) is 30.3 Å². The lowest BCUT2D eigenvalue weighted by Crippen LogP contribution is -2.50. The van der Waals surface area contributed by atoms with E-state index in [4.69, 9.17) is 5.11 Å². The van der Waals surface area contributed by atoms with Crippen molar-refractivity contribution < 1.29 is 23.1 Å². The minimum atomic E-state index is -3.59. The topological polar surface area (TPSA) is 113 Å². The third-order valence-corrected chi connectivity index (χ3v) is 3.68. The van der Waals surface area contributed by atoms with Crippen LogP contribution in [0.15, 0.2) is 30.3 Å². The van der Waals surface area contributed by atoms with Crippen molar-refractivity contribution in [2.75, 3.05) is 6.26 Å². The molecule has 0 saturated heterocycles. The van der Waals surface area contributed by atoms with Crippen LogP contribution in [0.3, 0.4) is 0 Å². The average molecular weight is 328 g/mol. The molecule has 0 heterocycles. The van der Waals surface area contributed by atoms with E-state index < -0.39 is 34.0 Å². The number of sulfonamides is 1. The predicted molar refractivity (Wildman–Crippen MR) is 81.8 cm³/mol. The van der Waals surface area contributed by atoms with Gasteiger partial charge >= 0.3 is 5.97 Å². The second-order valence-electron chi connectivity index (χ2n) is 5.04. The van der Waals surface area contributed by atoms with Crippen molar-refractivity contribution in [2.45, 2.75) is 31.8 Å². The summed E-state index contributed by atoms with van der Waals surface area (Å²) in [7, 11) is -3.59. The average Bonchev–Trinajstić information content (AvgIpc) is 2.43. The van der Waals surface area contributed by atoms with Crippen molar-refractivity contribution in [1.29, 1.82) is 0 Å². The molecular formula is C14H20N2O5S. The molecule has 122 valence electrons. The standard InChI is InChI=1S/C14H20N2O5S/c1-10(14(18)19)15-13(17)12(16-22(2,20)21)9-8-11-6-4-3-5-7-11/h3-7,10,12,16H,8-9H2,1-2H3,(H,15,17)(H,18,19)/t10-,12+/m0/s1. The van der Waals surface area contributed by atoms with Crippen molar-refractivity contribution in [3.63, 3.8) is 0 Å². The van der Waals surface area contributed by atoms with Crippen molar-refractivity contribution in [1.82, 2.24) is 10.0 Å². The molecule has 0 saturated carbocycles. The molecule has 0 fully saturated rings. The van der Waals surface area contributed by atoms with Gasteiger partial charge in [0.1, 0.15) is 12.1 Å². The van der Waals surface area contributed by atoms with Crippen LogP contribution in [0.5, 0.6) is 0 Å². The molecule has 8 heteroatoms. The SMILES string of the molecule is C[C@H](NC(=O)[C@@H](CCc1ccccc1)NS(C)(=O)=O)C(=O)O. The summed E-state index contributed by atoms with van der Waals surface area (Å²) in [6, 6.07) is 7.19. The lowest BCUT2D eigenvalue weighted by atomic mass is 10.1. The molecule has 7 nitrogen and oxygen atoms in total. The number of carbonyl (C=O) groups excluding carboxylic acids is 1. The van der Waals surface area contributed by atoms with Gasteiger partial charge in [0.05, 0.1) is 6.26 Å². The first-order valence-corrected chi connectivity index (χ1v) is 8.62. The van der Waals surface area contributed by atoms with Gasteiger partial charge in [-0.3, -0.25) is 9.59 Å². The minimum absolute atomic E-state index is 0.231. The number of amides is 1. The van der Waals surface area contributed by atoms with Crippen LogP contribution in [-0.4, -0.2) is 43.7 Å². The van der Waals surface area contributed by atoms with E-state index in [2.05, 4.69) is 10.0 Å². The molecule has 0 bridgehead atoms. The smallest absolute Gasteiger partial charge is 0.325 e. The highest BCUT2D eigenvalue weighted by Crippen LogP contribution is 2.06. The first-order chi connectivity index (χ1) is 10.2. The van der Waals surface area contributed by atoms with E-state index in [1.165, 1.54) is 6.92 Å². The summed E-state index contributed by atoms with van der Waals surface area (Å²) in [5, 5.41) is 11.1. The Morgan fingerprint density at radius 2 is 1.82 bits per heavy atom. The highest BCUT2D eigenvalue weighted by molar-refractivity contribution is 7.88. The molecule has 1 rings (SSSR count). The molecule has 0 spiro atoms. The second kappa shape index (κ2) is 7.90. The highest BCUT2D eigenvalue weighted by Gasteiger charge is 2.24. The predicted octanol–water partition coefficient (Wildman–Crippen LogP) is 0.126. The molecule has 2 atom stereocenters. The Hall–Kier alpha value is -1.93. The quantitative estimate of drug-likeness (QED) is 0.628. The zero-order valence-corrected chi connectivity index (χ0v) is 13.3.